The Morgan fingerprint density at radius 2 is 2.38 bits per heavy atom. The summed E-state index contributed by atoms with van der Waals surface area (Å²) in [5.41, 5.74) is 0. The van der Waals surface area contributed by atoms with Crippen LogP contribution in [0.1, 0.15) is 26.2 Å². The topological polar surface area (TPSA) is 41.6 Å². The number of rotatable bonds is 4. The summed E-state index contributed by atoms with van der Waals surface area (Å²) in [6, 6.07) is 0.474. The Balaban J connectivity index is 1.81. The van der Waals surface area contributed by atoms with Gasteiger partial charge in [0.15, 0.2) is 0 Å². The first-order valence-electron chi connectivity index (χ1n) is 6.34. The van der Waals surface area contributed by atoms with Crippen molar-refractivity contribution in [3.63, 3.8) is 0 Å². The van der Waals surface area contributed by atoms with Gasteiger partial charge in [-0.2, -0.15) is 0 Å². The monoisotopic (exact) mass is 226 g/mol. The van der Waals surface area contributed by atoms with Gasteiger partial charge in [0.05, 0.1) is 12.0 Å². The summed E-state index contributed by atoms with van der Waals surface area (Å²) in [5, 5.41) is 3.26. The van der Waals surface area contributed by atoms with E-state index in [1.807, 2.05) is 18.9 Å². The Labute approximate surface area is 97.3 Å². The summed E-state index contributed by atoms with van der Waals surface area (Å²) in [5.74, 6) is 0.453. The van der Waals surface area contributed by atoms with E-state index in [9.17, 15) is 4.79 Å². The molecule has 3 unspecified atom stereocenters. The number of amides is 1. The van der Waals surface area contributed by atoms with E-state index in [2.05, 4.69) is 5.32 Å². The van der Waals surface area contributed by atoms with Gasteiger partial charge in [-0.05, 0) is 33.2 Å². The third-order valence-corrected chi connectivity index (χ3v) is 3.57. The molecule has 2 fully saturated rings. The lowest BCUT2D eigenvalue weighted by Crippen LogP contribution is -2.47. The molecule has 4 nitrogen and oxygen atoms in total. The van der Waals surface area contributed by atoms with Crippen molar-refractivity contribution < 1.29 is 9.53 Å². The van der Waals surface area contributed by atoms with Crippen LogP contribution >= 0.6 is 0 Å². The molecular weight excluding hydrogens is 204 g/mol. The van der Waals surface area contributed by atoms with E-state index < -0.39 is 0 Å². The predicted octanol–water partition coefficient (Wildman–Crippen LogP) is 0.622. The molecule has 0 bridgehead atoms. The van der Waals surface area contributed by atoms with Crippen molar-refractivity contribution in [2.75, 3.05) is 26.7 Å². The number of likely N-dealkylation sites (tertiary alicyclic amines) is 1. The quantitative estimate of drug-likeness (QED) is 0.764. The van der Waals surface area contributed by atoms with Crippen LogP contribution in [0.5, 0.6) is 0 Å². The minimum absolute atomic E-state index is 0.149. The number of carbonyl (C=O) groups is 1. The first-order valence-corrected chi connectivity index (χ1v) is 6.34. The average Bonchev–Trinajstić information content (AvgIpc) is 3.08. The van der Waals surface area contributed by atoms with Gasteiger partial charge in [0.2, 0.25) is 5.91 Å². The molecular formula is C12H22N2O2. The lowest BCUT2D eigenvalue weighted by atomic mass is 10.1. The smallest absolute Gasteiger partial charge is 0.228 e. The molecule has 1 aliphatic carbocycles. The van der Waals surface area contributed by atoms with Gasteiger partial charge in [0.25, 0.3) is 0 Å². The Hall–Kier alpha value is -0.610. The number of piperidine rings is 1. The van der Waals surface area contributed by atoms with E-state index in [0.29, 0.717) is 18.6 Å². The highest BCUT2D eigenvalue weighted by Gasteiger charge is 2.46. The van der Waals surface area contributed by atoms with E-state index in [0.717, 1.165) is 25.9 Å². The number of hydrogen-bond acceptors (Lipinski definition) is 3. The zero-order valence-corrected chi connectivity index (χ0v) is 10.2. The standard InChI is InChI=1S/C12H22N2O2/c1-3-16-11-7-10(11)12(15)14-6-4-5-9(8-14)13-2/h9-11,13H,3-8H2,1-2H3. The van der Waals surface area contributed by atoms with E-state index >= 15 is 0 Å². The summed E-state index contributed by atoms with van der Waals surface area (Å²) >= 11 is 0. The lowest BCUT2D eigenvalue weighted by Gasteiger charge is -2.32. The van der Waals surface area contributed by atoms with E-state index in [1.165, 1.54) is 6.42 Å². The third kappa shape index (κ3) is 2.55. The molecule has 1 aliphatic heterocycles. The van der Waals surface area contributed by atoms with Crippen molar-refractivity contribution in [2.45, 2.75) is 38.3 Å². The fraction of sp³-hybridized carbons (Fsp3) is 0.917. The highest BCUT2D eigenvalue weighted by atomic mass is 16.5. The molecule has 0 aromatic rings. The summed E-state index contributed by atoms with van der Waals surface area (Å²) in [4.78, 5) is 14.1. The van der Waals surface area contributed by atoms with Gasteiger partial charge >= 0.3 is 0 Å². The van der Waals surface area contributed by atoms with Gasteiger partial charge < -0.3 is 15.0 Å². The van der Waals surface area contributed by atoms with Gasteiger partial charge in [-0.3, -0.25) is 4.79 Å². The highest BCUT2D eigenvalue weighted by molar-refractivity contribution is 5.82. The van der Waals surface area contributed by atoms with Gasteiger partial charge in [-0.25, -0.2) is 0 Å². The van der Waals surface area contributed by atoms with Crippen LogP contribution in [0.2, 0.25) is 0 Å². The van der Waals surface area contributed by atoms with Crippen molar-refractivity contribution in [2.24, 2.45) is 5.92 Å². The zero-order valence-electron chi connectivity index (χ0n) is 10.2. The maximum atomic E-state index is 12.1. The Bertz CT molecular complexity index is 257. The molecule has 2 rings (SSSR count). The Morgan fingerprint density at radius 3 is 3.06 bits per heavy atom. The second-order valence-electron chi connectivity index (χ2n) is 4.75. The van der Waals surface area contributed by atoms with Crippen LogP contribution in [0, 0.1) is 5.92 Å². The van der Waals surface area contributed by atoms with Crippen molar-refractivity contribution in [3.8, 4) is 0 Å². The molecule has 16 heavy (non-hydrogen) atoms. The van der Waals surface area contributed by atoms with E-state index in [-0.39, 0.29) is 12.0 Å². The molecule has 3 atom stereocenters. The molecule has 0 aromatic carbocycles. The fourth-order valence-electron chi connectivity index (χ4n) is 2.48. The zero-order chi connectivity index (χ0) is 11.5. The minimum Gasteiger partial charge on any atom is -0.378 e. The van der Waals surface area contributed by atoms with Crippen LogP contribution in [0.3, 0.4) is 0 Å². The molecule has 4 heteroatoms. The van der Waals surface area contributed by atoms with E-state index in [1.54, 1.807) is 0 Å². The van der Waals surface area contributed by atoms with E-state index in [4.69, 9.17) is 4.74 Å². The van der Waals surface area contributed by atoms with Gasteiger partial charge in [0.1, 0.15) is 0 Å². The average molecular weight is 226 g/mol. The van der Waals surface area contributed by atoms with Crippen LogP contribution in [0.4, 0.5) is 0 Å². The summed E-state index contributed by atoms with van der Waals surface area (Å²) in [7, 11) is 1.97. The van der Waals surface area contributed by atoms with Crippen molar-refractivity contribution >= 4 is 5.91 Å². The first kappa shape index (κ1) is 11.9. The number of likely N-dealkylation sites (N-methyl/N-ethyl adjacent to an activating group) is 1. The van der Waals surface area contributed by atoms with Gasteiger partial charge in [0, 0.05) is 25.7 Å². The van der Waals surface area contributed by atoms with Crippen molar-refractivity contribution in [3.05, 3.63) is 0 Å². The number of nitrogens with one attached hydrogen (secondary N) is 1. The normalized spacial score (nSPS) is 33.9. The van der Waals surface area contributed by atoms with Crippen molar-refractivity contribution in [1.82, 2.24) is 10.2 Å². The second kappa shape index (κ2) is 5.15. The van der Waals surface area contributed by atoms with Crippen LogP contribution in [0.25, 0.3) is 0 Å². The molecule has 0 aromatic heterocycles. The van der Waals surface area contributed by atoms with Crippen LogP contribution in [-0.4, -0.2) is 49.7 Å². The molecule has 1 heterocycles. The second-order valence-corrected chi connectivity index (χ2v) is 4.75. The largest absolute Gasteiger partial charge is 0.378 e. The first-order chi connectivity index (χ1) is 7.76. The number of hydrogen-bond donors (Lipinski definition) is 1. The lowest BCUT2D eigenvalue weighted by molar-refractivity contribution is -0.134. The van der Waals surface area contributed by atoms with Crippen LogP contribution < -0.4 is 5.32 Å². The minimum atomic E-state index is 0.149. The SMILES string of the molecule is CCOC1CC1C(=O)N1CCCC(NC)C1. The number of nitrogens with zero attached hydrogens (tertiary/aromatic N) is 1. The molecule has 1 saturated heterocycles. The molecule has 0 radical (unpaired) electrons. The Kier molecular flexibility index (Phi) is 3.82. The van der Waals surface area contributed by atoms with Gasteiger partial charge in [-0.1, -0.05) is 0 Å². The summed E-state index contributed by atoms with van der Waals surface area (Å²) < 4.78 is 5.47. The number of carbonyl (C=O) groups excluding carboxylic acids is 1. The fourth-order valence-corrected chi connectivity index (χ4v) is 2.48. The number of ether oxygens (including phenoxy) is 1. The molecule has 1 saturated carbocycles. The third-order valence-electron chi connectivity index (χ3n) is 3.57. The molecule has 1 N–H and O–H groups in total. The molecule has 2 aliphatic rings. The summed E-state index contributed by atoms with van der Waals surface area (Å²) in [6.07, 6.45) is 3.42. The molecule has 1 amide bonds. The molecule has 0 spiro atoms. The van der Waals surface area contributed by atoms with Crippen LogP contribution in [-0.2, 0) is 9.53 Å². The Morgan fingerprint density at radius 1 is 1.56 bits per heavy atom. The maximum Gasteiger partial charge on any atom is 0.228 e. The predicted molar refractivity (Wildman–Crippen MR) is 62.2 cm³/mol. The summed E-state index contributed by atoms with van der Waals surface area (Å²) in [6.45, 7) is 4.49. The molecule has 92 valence electrons. The maximum absolute atomic E-state index is 12.1. The van der Waals surface area contributed by atoms with Crippen LogP contribution in [0.15, 0.2) is 0 Å². The highest BCUT2D eigenvalue weighted by Crippen LogP contribution is 2.35. The van der Waals surface area contributed by atoms with Crippen molar-refractivity contribution in [1.29, 1.82) is 0 Å². The van der Waals surface area contributed by atoms with Gasteiger partial charge in [-0.15, -0.1) is 0 Å².